The summed E-state index contributed by atoms with van der Waals surface area (Å²) >= 11 is 0. The van der Waals surface area contributed by atoms with Crippen molar-refractivity contribution < 1.29 is 19.6 Å². The van der Waals surface area contributed by atoms with E-state index in [1.807, 2.05) is 0 Å². The van der Waals surface area contributed by atoms with E-state index in [1.165, 1.54) is 20.0 Å². The van der Waals surface area contributed by atoms with Crippen LogP contribution < -0.4 is 0 Å². The molecule has 0 aliphatic carbocycles. The molecule has 0 rings (SSSR count). The average molecular weight is 216 g/mol. The Morgan fingerprint density at radius 3 is 2.33 bits per heavy atom. The van der Waals surface area contributed by atoms with Crippen molar-refractivity contribution in [3.05, 3.63) is 0 Å². The summed E-state index contributed by atoms with van der Waals surface area (Å²) in [6.07, 6.45) is 5.82. The van der Waals surface area contributed by atoms with Gasteiger partial charge in [-0.3, -0.25) is 4.79 Å². The lowest BCUT2D eigenvalue weighted by Gasteiger charge is -2.12. The van der Waals surface area contributed by atoms with Crippen LogP contribution in [0.1, 0.15) is 45.4 Å². The molecule has 0 radical (unpaired) electrons. The van der Waals surface area contributed by atoms with Gasteiger partial charge >= 0.3 is 13.1 Å². The first-order chi connectivity index (χ1) is 7.13. The molecule has 0 aromatic heterocycles. The summed E-state index contributed by atoms with van der Waals surface area (Å²) in [6, 6.07) is 0. The highest BCUT2D eigenvalue weighted by Crippen LogP contribution is 2.19. The van der Waals surface area contributed by atoms with Crippen LogP contribution >= 0.6 is 0 Å². The van der Waals surface area contributed by atoms with Gasteiger partial charge in [-0.05, 0) is 6.42 Å². The van der Waals surface area contributed by atoms with Gasteiger partial charge in [0.05, 0.1) is 12.9 Å². The number of carbonyl (C=O) groups excluding carboxylic acids is 1. The fourth-order valence-corrected chi connectivity index (χ4v) is 1.51. The first kappa shape index (κ1) is 14.5. The molecular formula is C10H21BO4. The molecule has 1 atom stereocenters. The molecule has 0 bridgehead atoms. The summed E-state index contributed by atoms with van der Waals surface area (Å²) in [6.45, 7) is 2.13. The van der Waals surface area contributed by atoms with Gasteiger partial charge in [0.1, 0.15) is 0 Å². The molecule has 0 aromatic rings. The van der Waals surface area contributed by atoms with Crippen LogP contribution in [0, 0.1) is 0 Å². The van der Waals surface area contributed by atoms with E-state index < -0.39 is 18.9 Å². The van der Waals surface area contributed by atoms with E-state index in [2.05, 4.69) is 11.7 Å². The smallest absolute Gasteiger partial charge is 0.466 e. The number of rotatable bonds is 8. The Kier molecular flexibility index (Phi) is 8.42. The molecule has 0 aliphatic rings. The van der Waals surface area contributed by atoms with Gasteiger partial charge < -0.3 is 14.8 Å². The number of methoxy groups -OCH3 is 1. The molecule has 2 N–H and O–H groups in total. The molecule has 0 amide bonds. The molecule has 4 nitrogen and oxygen atoms in total. The molecule has 15 heavy (non-hydrogen) atoms. The van der Waals surface area contributed by atoms with Crippen LogP contribution in [0.4, 0.5) is 0 Å². The highest BCUT2D eigenvalue weighted by atomic mass is 16.5. The Morgan fingerprint density at radius 2 is 1.87 bits per heavy atom. The van der Waals surface area contributed by atoms with Gasteiger partial charge in [-0.1, -0.05) is 39.0 Å². The largest absolute Gasteiger partial charge is 0.469 e. The van der Waals surface area contributed by atoms with E-state index >= 15 is 0 Å². The van der Waals surface area contributed by atoms with Crippen molar-refractivity contribution >= 4 is 13.1 Å². The molecule has 0 fully saturated rings. The predicted octanol–water partition coefficient (Wildman–Crippen LogP) is 1.36. The van der Waals surface area contributed by atoms with Crippen molar-refractivity contribution in [1.29, 1.82) is 0 Å². The Labute approximate surface area is 91.8 Å². The molecule has 88 valence electrons. The minimum atomic E-state index is -1.61. The summed E-state index contributed by atoms with van der Waals surface area (Å²) in [4.78, 5) is 11.1. The van der Waals surface area contributed by atoms with Crippen molar-refractivity contribution in [3.63, 3.8) is 0 Å². The van der Waals surface area contributed by atoms with Crippen LogP contribution in [-0.4, -0.2) is 30.2 Å². The Bertz CT molecular complexity index is 173. The monoisotopic (exact) mass is 216 g/mol. The highest BCUT2D eigenvalue weighted by Gasteiger charge is 2.30. The molecule has 0 aliphatic heterocycles. The lowest BCUT2D eigenvalue weighted by Crippen LogP contribution is -2.28. The first-order valence-electron chi connectivity index (χ1n) is 5.57. The number of esters is 1. The third kappa shape index (κ3) is 6.52. The quantitative estimate of drug-likeness (QED) is 0.365. The lowest BCUT2D eigenvalue weighted by molar-refractivity contribution is -0.141. The third-order valence-corrected chi connectivity index (χ3v) is 2.48. The SMILES string of the molecule is CCCCCCCC(B(O)O)C(=O)OC. The maximum atomic E-state index is 11.1. The number of unbranched alkanes of at least 4 members (excludes halogenated alkanes) is 4. The maximum Gasteiger partial charge on any atom is 0.466 e. The van der Waals surface area contributed by atoms with Crippen LogP contribution in [-0.2, 0) is 9.53 Å². The Balaban J connectivity index is 3.72. The maximum absolute atomic E-state index is 11.1. The average Bonchev–Trinajstić information content (AvgIpc) is 2.22. The van der Waals surface area contributed by atoms with Crippen LogP contribution in [0.2, 0.25) is 5.82 Å². The second-order valence-electron chi connectivity index (χ2n) is 3.75. The second-order valence-corrected chi connectivity index (χ2v) is 3.75. The fraction of sp³-hybridized carbons (Fsp3) is 0.900. The predicted molar refractivity (Wildman–Crippen MR) is 59.3 cm³/mol. The van der Waals surface area contributed by atoms with Crippen molar-refractivity contribution in [2.45, 2.75) is 51.3 Å². The van der Waals surface area contributed by atoms with Crippen LogP contribution in [0.25, 0.3) is 0 Å². The second kappa shape index (κ2) is 8.74. The van der Waals surface area contributed by atoms with Gasteiger partial charge in [-0.15, -0.1) is 0 Å². The molecule has 5 heteroatoms. The van der Waals surface area contributed by atoms with Crippen LogP contribution in [0.3, 0.4) is 0 Å². The van der Waals surface area contributed by atoms with E-state index in [0.29, 0.717) is 6.42 Å². The summed E-state index contributed by atoms with van der Waals surface area (Å²) in [5.41, 5.74) is 0. The normalized spacial score (nSPS) is 12.3. The fourth-order valence-electron chi connectivity index (χ4n) is 1.51. The molecule has 0 saturated heterocycles. The van der Waals surface area contributed by atoms with E-state index in [1.54, 1.807) is 0 Å². The zero-order valence-electron chi connectivity index (χ0n) is 9.61. The summed E-state index contributed by atoms with van der Waals surface area (Å²) < 4.78 is 4.49. The highest BCUT2D eigenvalue weighted by molar-refractivity contribution is 6.48. The van der Waals surface area contributed by atoms with E-state index in [4.69, 9.17) is 10.0 Å². The van der Waals surface area contributed by atoms with E-state index in [-0.39, 0.29) is 0 Å². The van der Waals surface area contributed by atoms with Crippen LogP contribution in [0.5, 0.6) is 0 Å². The minimum absolute atomic E-state index is 0.480. The van der Waals surface area contributed by atoms with Crippen molar-refractivity contribution in [3.8, 4) is 0 Å². The molecule has 0 spiro atoms. The van der Waals surface area contributed by atoms with Crippen LogP contribution in [0.15, 0.2) is 0 Å². The Hall–Kier alpha value is -0.545. The van der Waals surface area contributed by atoms with Crippen molar-refractivity contribution in [2.24, 2.45) is 0 Å². The summed E-state index contributed by atoms with van der Waals surface area (Å²) in [5.74, 6) is -1.34. The topological polar surface area (TPSA) is 66.8 Å². The van der Waals surface area contributed by atoms with E-state index in [9.17, 15) is 4.79 Å². The number of ether oxygens (including phenoxy) is 1. The number of hydrogen-bond acceptors (Lipinski definition) is 4. The minimum Gasteiger partial charge on any atom is -0.469 e. The molecule has 0 heterocycles. The summed E-state index contributed by atoms with van der Waals surface area (Å²) in [5, 5.41) is 17.9. The van der Waals surface area contributed by atoms with E-state index in [0.717, 1.165) is 19.3 Å². The number of hydrogen-bond donors (Lipinski definition) is 2. The summed E-state index contributed by atoms with van der Waals surface area (Å²) in [7, 11) is -0.349. The van der Waals surface area contributed by atoms with Gasteiger partial charge in [0, 0.05) is 0 Å². The van der Waals surface area contributed by atoms with Gasteiger partial charge in [0.2, 0.25) is 0 Å². The van der Waals surface area contributed by atoms with Gasteiger partial charge in [-0.2, -0.15) is 0 Å². The molecular weight excluding hydrogens is 195 g/mol. The van der Waals surface area contributed by atoms with Gasteiger partial charge in [0.25, 0.3) is 0 Å². The molecule has 1 unspecified atom stereocenters. The standard InChI is InChI=1S/C10H21BO4/c1-3-4-5-6-7-8-9(11(13)14)10(12)15-2/h9,13-14H,3-8H2,1-2H3. The van der Waals surface area contributed by atoms with Crippen molar-refractivity contribution in [1.82, 2.24) is 0 Å². The third-order valence-electron chi connectivity index (χ3n) is 2.48. The molecule has 0 aromatic carbocycles. The lowest BCUT2D eigenvalue weighted by atomic mass is 9.70. The zero-order chi connectivity index (χ0) is 11.7. The Morgan fingerprint density at radius 1 is 1.27 bits per heavy atom. The van der Waals surface area contributed by atoms with Gasteiger partial charge in [-0.25, -0.2) is 0 Å². The van der Waals surface area contributed by atoms with Gasteiger partial charge in [0.15, 0.2) is 0 Å². The first-order valence-corrected chi connectivity index (χ1v) is 5.57. The molecule has 0 saturated carbocycles. The van der Waals surface area contributed by atoms with Crippen molar-refractivity contribution in [2.75, 3.05) is 7.11 Å². The zero-order valence-corrected chi connectivity index (χ0v) is 9.61. The number of carbonyl (C=O) groups is 1.